The molecule has 0 radical (unpaired) electrons. The van der Waals surface area contributed by atoms with Gasteiger partial charge >= 0.3 is 18.1 Å². The van der Waals surface area contributed by atoms with E-state index < -0.39 is 29.2 Å². The molecule has 0 spiro atoms. The smallest absolute Gasteiger partial charge is 0.416 e. The largest absolute Gasteiger partial charge is 0.456 e. The Morgan fingerprint density at radius 1 is 0.585 bits per heavy atom. The van der Waals surface area contributed by atoms with Gasteiger partial charge in [-0.15, -0.1) is 0 Å². The number of ether oxygens (including phenoxy) is 2. The lowest BCUT2D eigenvalue weighted by Crippen LogP contribution is -2.27. The Balaban J connectivity index is 0.000000195. The molecule has 330 valence electrons. The van der Waals surface area contributed by atoms with Crippen molar-refractivity contribution >= 4 is 56.2 Å². The van der Waals surface area contributed by atoms with Crippen molar-refractivity contribution in [1.29, 1.82) is 0 Å². The maximum absolute atomic E-state index is 12.9. The highest BCUT2D eigenvalue weighted by molar-refractivity contribution is 5.96. The zero-order valence-electron chi connectivity index (χ0n) is 35.3. The van der Waals surface area contributed by atoms with Gasteiger partial charge < -0.3 is 20.1 Å². The van der Waals surface area contributed by atoms with Gasteiger partial charge in [0.25, 0.3) is 11.1 Å². The van der Waals surface area contributed by atoms with Crippen LogP contribution in [0.4, 0.5) is 35.9 Å². The van der Waals surface area contributed by atoms with Gasteiger partial charge in [0.05, 0.1) is 29.3 Å². The van der Waals surface area contributed by atoms with Crippen LogP contribution in [0.2, 0.25) is 0 Å². The maximum Gasteiger partial charge on any atom is 0.416 e. The molecule has 4 heterocycles. The van der Waals surface area contributed by atoms with E-state index in [-0.39, 0.29) is 53.6 Å². The molecule has 0 bridgehead atoms. The summed E-state index contributed by atoms with van der Waals surface area (Å²) in [4.78, 5) is 59.3. The van der Waals surface area contributed by atoms with E-state index in [0.717, 1.165) is 49.5 Å². The number of nitrogens with zero attached hydrogens (tertiary/aromatic N) is 6. The third-order valence-corrected chi connectivity index (χ3v) is 9.92. The van der Waals surface area contributed by atoms with Crippen molar-refractivity contribution in [3.05, 3.63) is 188 Å². The number of rotatable bonds is 12. The topological polar surface area (TPSA) is 172 Å². The zero-order valence-corrected chi connectivity index (χ0v) is 35.3. The minimum atomic E-state index is -4.50. The summed E-state index contributed by atoms with van der Waals surface area (Å²) < 4.78 is 51.7. The molecule has 0 saturated carbocycles. The minimum absolute atomic E-state index is 0.0600. The number of pyridine rings is 2. The fourth-order valence-corrected chi connectivity index (χ4v) is 6.70. The van der Waals surface area contributed by atoms with Gasteiger partial charge in [-0.3, -0.25) is 19.6 Å². The van der Waals surface area contributed by atoms with Gasteiger partial charge in [0.1, 0.15) is 24.6 Å². The summed E-state index contributed by atoms with van der Waals surface area (Å²) in [5, 5.41) is 17.9. The van der Waals surface area contributed by atoms with E-state index in [2.05, 4.69) is 30.8 Å². The van der Waals surface area contributed by atoms with Gasteiger partial charge in [0.2, 0.25) is 0 Å². The van der Waals surface area contributed by atoms with Crippen molar-refractivity contribution in [2.75, 3.05) is 10.6 Å². The molecule has 0 fully saturated rings. The maximum atomic E-state index is 12.9. The van der Waals surface area contributed by atoms with Crippen molar-refractivity contribution in [2.24, 2.45) is 0 Å². The number of aromatic nitrogens is 6. The lowest BCUT2D eigenvalue weighted by molar-refractivity contribution is -0.137. The number of hydrogen-bond donors (Lipinski definition) is 2. The Bertz CT molecular complexity index is 3140. The van der Waals surface area contributed by atoms with Crippen molar-refractivity contribution in [3.63, 3.8) is 0 Å². The monoisotopic (exact) mass is 882 g/mol. The molecule has 0 aliphatic heterocycles. The second-order valence-corrected chi connectivity index (χ2v) is 14.5. The molecule has 4 aromatic heterocycles. The number of anilines is 4. The molecule has 17 heteroatoms. The van der Waals surface area contributed by atoms with Crippen LogP contribution in [0.3, 0.4) is 0 Å². The number of alkyl halides is 3. The predicted molar refractivity (Wildman–Crippen MR) is 239 cm³/mol. The van der Waals surface area contributed by atoms with Crippen LogP contribution in [-0.4, -0.2) is 41.5 Å². The molecule has 0 amide bonds. The lowest BCUT2D eigenvalue weighted by Gasteiger charge is -2.12. The summed E-state index contributed by atoms with van der Waals surface area (Å²) in [5.74, 6) is -1.47. The number of halogens is 3. The van der Waals surface area contributed by atoms with E-state index in [1.54, 1.807) is 38.6 Å². The zero-order chi connectivity index (χ0) is 46.1. The first kappa shape index (κ1) is 44.8. The highest BCUT2D eigenvalue weighted by atomic mass is 19.4. The third kappa shape index (κ3) is 10.9. The second-order valence-electron chi connectivity index (χ2n) is 14.5. The lowest BCUT2D eigenvalue weighted by atomic mass is 10.1. The van der Waals surface area contributed by atoms with Crippen molar-refractivity contribution < 1.29 is 32.2 Å². The van der Waals surface area contributed by atoms with Crippen molar-refractivity contribution in [2.45, 2.75) is 53.3 Å². The molecule has 8 rings (SSSR count). The second kappa shape index (κ2) is 19.9. The van der Waals surface area contributed by atoms with E-state index in [1.807, 2.05) is 79.7 Å². The highest BCUT2D eigenvalue weighted by Gasteiger charge is 2.30. The fraction of sp³-hybridized carbons (Fsp3) is 0.167. The number of nitrogens with one attached hydrogen (secondary N) is 2. The quantitative estimate of drug-likeness (QED) is 0.112. The van der Waals surface area contributed by atoms with Gasteiger partial charge in [0.15, 0.2) is 11.4 Å². The summed E-state index contributed by atoms with van der Waals surface area (Å²) in [5.41, 5.74) is 1.97. The number of fused-ring (bicyclic) bond motifs is 2. The average Bonchev–Trinajstić information content (AvgIpc) is 3.31. The first-order valence-corrected chi connectivity index (χ1v) is 20.3. The molecule has 8 aromatic rings. The molecule has 0 atom stereocenters. The number of aryl methyl sites for hydroxylation is 3. The van der Waals surface area contributed by atoms with Crippen LogP contribution in [0.15, 0.2) is 144 Å². The van der Waals surface area contributed by atoms with E-state index in [0.29, 0.717) is 17.9 Å². The normalized spacial score (nSPS) is 11.1. The van der Waals surface area contributed by atoms with E-state index >= 15 is 0 Å². The fourth-order valence-electron chi connectivity index (χ4n) is 6.70. The molecule has 14 nitrogen and oxygen atoms in total. The summed E-state index contributed by atoms with van der Waals surface area (Å²) in [7, 11) is 0. The van der Waals surface area contributed by atoms with Crippen molar-refractivity contribution in [1.82, 2.24) is 29.5 Å². The van der Waals surface area contributed by atoms with E-state index in [4.69, 9.17) is 9.47 Å². The van der Waals surface area contributed by atoms with Crippen LogP contribution < -0.4 is 21.8 Å². The SMILES string of the molecule is CCn1nc(C(=O)OCc2cccc(C(F)(F)F)c2)cc(Nc2cncc3ccccc23)c1=O.CCn1nc(C(=O)OCc2cccc(C)c2)cc(Nc2cncc3ccccc23)c1=O. The number of carbonyl (C=O) groups is 2. The molecule has 0 aliphatic rings. The summed E-state index contributed by atoms with van der Waals surface area (Å²) in [6.45, 7) is 5.71. The van der Waals surface area contributed by atoms with Crippen molar-refractivity contribution in [3.8, 4) is 0 Å². The number of esters is 2. The minimum Gasteiger partial charge on any atom is -0.456 e. The van der Waals surface area contributed by atoms with Crippen LogP contribution >= 0.6 is 0 Å². The molecule has 4 aromatic carbocycles. The third-order valence-electron chi connectivity index (χ3n) is 9.92. The number of benzene rings is 4. The van der Waals surface area contributed by atoms with Crippen LogP contribution in [0.25, 0.3) is 21.5 Å². The van der Waals surface area contributed by atoms with Crippen LogP contribution in [-0.2, 0) is 42.0 Å². The molecule has 65 heavy (non-hydrogen) atoms. The highest BCUT2D eigenvalue weighted by Crippen LogP contribution is 2.30. The van der Waals surface area contributed by atoms with Gasteiger partial charge in [-0.2, -0.15) is 23.4 Å². The molecule has 0 saturated heterocycles. The predicted octanol–water partition coefficient (Wildman–Crippen LogP) is 9.15. The van der Waals surface area contributed by atoms with E-state index in [9.17, 15) is 32.3 Å². The number of hydrogen-bond acceptors (Lipinski definition) is 12. The summed E-state index contributed by atoms with van der Waals surface area (Å²) in [6.07, 6.45) is 2.15. The standard InChI is InChI=1S/C24H19F3N4O3.C24H22N4O3/c1-2-31-22(32)19(29-21-13-28-12-16-7-3-4-9-18(16)21)11-20(30-31)23(33)34-14-15-6-5-8-17(10-15)24(25,26)27;1-3-28-23(29)20(26-22-14-25-13-18-9-4-5-10-19(18)22)12-21(27-28)24(30)31-15-17-8-6-7-16(2)11-17/h3-13,29H,2,14H2,1H3;4-14,26H,3,15H2,1-2H3. The molecular formula is C48H41F3N8O6. The van der Waals surface area contributed by atoms with E-state index in [1.165, 1.54) is 28.9 Å². The summed E-state index contributed by atoms with van der Waals surface area (Å²) in [6, 6.07) is 30.1. The molecular weight excluding hydrogens is 842 g/mol. The van der Waals surface area contributed by atoms with Gasteiger partial charge in [-0.25, -0.2) is 19.0 Å². The Kier molecular flexibility index (Phi) is 13.7. The average molecular weight is 883 g/mol. The molecule has 0 aliphatic carbocycles. The first-order chi connectivity index (χ1) is 31.3. The van der Waals surface area contributed by atoms with Gasteiger partial charge in [0, 0.05) is 59.2 Å². The van der Waals surface area contributed by atoms with Crippen LogP contribution in [0, 0.1) is 6.92 Å². The number of carbonyl (C=O) groups excluding carboxylic acids is 2. The first-order valence-electron chi connectivity index (χ1n) is 20.3. The Morgan fingerprint density at radius 3 is 1.51 bits per heavy atom. The Morgan fingerprint density at radius 2 is 1.05 bits per heavy atom. The summed E-state index contributed by atoms with van der Waals surface area (Å²) >= 11 is 0. The molecule has 0 unspecified atom stereocenters. The van der Waals surface area contributed by atoms with Crippen LogP contribution in [0.5, 0.6) is 0 Å². The van der Waals surface area contributed by atoms with Gasteiger partial charge in [-0.05, 0) is 44.0 Å². The van der Waals surface area contributed by atoms with Crippen LogP contribution in [0.1, 0.15) is 57.1 Å². The Labute approximate surface area is 369 Å². The van der Waals surface area contributed by atoms with Gasteiger partial charge in [-0.1, -0.05) is 90.5 Å². The Hall–Kier alpha value is -8.21. The molecule has 2 N–H and O–H groups in total.